The van der Waals surface area contributed by atoms with E-state index in [2.05, 4.69) is 10.1 Å². The predicted molar refractivity (Wildman–Crippen MR) is 132 cm³/mol. The normalized spacial score (nSPS) is 11.3. The number of ether oxygens (including phenoxy) is 1. The van der Waals surface area contributed by atoms with E-state index in [9.17, 15) is 19.2 Å². The Morgan fingerprint density at radius 2 is 1.58 bits per heavy atom. The first-order chi connectivity index (χ1) is 17.4. The van der Waals surface area contributed by atoms with E-state index in [0.717, 1.165) is 10.1 Å². The number of aryl methyl sites for hydroxylation is 1. The molecule has 2 aromatic carbocycles. The highest BCUT2D eigenvalue weighted by atomic mass is 16.5. The lowest BCUT2D eigenvalue weighted by Gasteiger charge is -2.11. The van der Waals surface area contributed by atoms with E-state index in [1.165, 1.54) is 34.2 Å². The van der Waals surface area contributed by atoms with Crippen LogP contribution in [-0.4, -0.2) is 41.0 Å². The fourth-order valence-corrected chi connectivity index (χ4v) is 4.12. The van der Waals surface area contributed by atoms with Gasteiger partial charge < -0.3 is 9.30 Å². The number of carbonyl (C=O) groups is 1. The summed E-state index contributed by atoms with van der Waals surface area (Å²) in [6.07, 6.45) is 1.42. The molecule has 0 saturated carbocycles. The first-order valence-corrected chi connectivity index (χ1v) is 11.2. The minimum Gasteiger partial charge on any atom is -0.459 e. The van der Waals surface area contributed by atoms with Crippen molar-refractivity contribution in [3.63, 3.8) is 0 Å². The predicted octanol–water partition coefficient (Wildman–Crippen LogP) is 1.05. The van der Waals surface area contributed by atoms with Gasteiger partial charge in [0.1, 0.15) is 6.61 Å². The number of benzene rings is 2. The van der Waals surface area contributed by atoms with Crippen LogP contribution in [0.3, 0.4) is 0 Å². The van der Waals surface area contributed by atoms with Crippen molar-refractivity contribution in [3.8, 4) is 0 Å². The van der Waals surface area contributed by atoms with Gasteiger partial charge in [-0.2, -0.15) is 5.10 Å². The number of hydrogen-bond donors (Lipinski definition) is 0. The van der Waals surface area contributed by atoms with E-state index >= 15 is 0 Å². The van der Waals surface area contributed by atoms with Gasteiger partial charge in [-0.05, 0) is 11.6 Å². The molecule has 0 radical (unpaired) electrons. The van der Waals surface area contributed by atoms with Gasteiger partial charge in [0.05, 0.1) is 24.8 Å². The van der Waals surface area contributed by atoms with Crippen molar-refractivity contribution in [1.29, 1.82) is 0 Å². The summed E-state index contributed by atoms with van der Waals surface area (Å²) in [4.78, 5) is 54.9. The zero-order chi connectivity index (χ0) is 25.4. The molecule has 0 spiro atoms. The first kappa shape index (κ1) is 23.0. The van der Waals surface area contributed by atoms with Crippen LogP contribution in [0, 0.1) is 0 Å². The van der Waals surface area contributed by atoms with E-state index in [1.807, 2.05) is 30.3 Å². The Hall–Kier alpha value is -4.80. The maximum atomic E-state index is 13.1. The summed E-state index contributed by atoms with van der Waals surface area (Å²) in [5, 5.41) is 5.09. The van der Waals surface area contributed by atoms with Gasteiger partial charge in [0.15, 0.2) is 16.9 Å². The monoisotopic (exact) mass is 486 g/mol. The Labute approximate surface area is 203 Å². The summed E-state index contributed by atoms with van der Waals surface area (Å²) in [5.74, 6) is -0.697. The average molecular weight is 486 g/mol. The van der Waals surface area contributed by atoms with Crippen molar-refractivity contribution < 1.29 is 9.53 Å². The Morgan fingerprint density at radius 3 is 2.33 bits per heavy atom. The Bertz CT molecular complexity index is 1800. The highest BCUT2D eigenvalue weighted by Gasteiger charge is 2.19. The molecule has 11 nitrogen and oxygen atoms in total. The molecule has 0 aliphatic heterocycles. The van der Waals surface area contributed by atoms with Gasteiger partial charge in [-0.1, -0.05) is 48.5 Å². The van der Waals surface area contributed by atoms with E-state index < -0.39 is 17.2 Å². The minimum atomic E-state index is -0.697. The van der Waals surface area contributed by atoms with Crippen molar-refractivity contribution in [1.82, 2.24) is 28.5 Å². The topological polar surface area (TPSA) is 123 Å². The number of nitrogens with zero attached hydrogens (tertiary/aromatic N) is 6. The zero-order valence-corrected chi connectivity index (χ0v) is 19.6. The van der Waals surface area contributed by atoms with Crippen LogP contribution in [0.4, 0.5) is 0 Å². The third-order valence-corrected chi connectivity index (χ3v) is 6.02. The second-order valence-corrected chi connectivity index (χ2v) is 8.29. The van der Waals surface area contributed by atoms with Crippen LogP contribution >= 0.6 is 0 Å². The summed E-state index contributed by atoms with van der Waals surface area (Å²) >= 11 is 0. The standard InChI is InChI=1S/C25H22N6O5/c1-28-21-20(23(33)29(2)25(28)35)30(15-26-21)12-13-36-24(34)19-17-10-6-7-11-18(17)22(32)31(27-19)14-16-8-4-3-5-9-16/h3-11,15H,12-14H2,1-2H3. The molecule has 0 bridgehead atoms. The zero-order valence-electron chi connectivity index (χ0n) is 19.6. The molecule has 0 atom stereocenters. The molecule has 0 N–H and O–H groups in total. The summed E-state index contributed by atoms with van der Waals surface area (Å²) in [7, 11) is 2.92. The SMILES string of the molecule is Cn1c(=O)c2c(ncn2CCOC(=O)c2nn(Cc3ccccc3)c(=O)c3ccccc23)n(C)c1=O. The van der Waals surface area contributed by atoms with Gasteiger partial charge in [-0.25, -0.2) is 19.3 Å². The van der Waals surface area contributed by atoms with Crippen molar-refractivity contribution in [3.05, 3.63) is 103 Å². The molecular formula is C25H22N6O5. The maximum absolute atomic E-state index is 13.1. The molecule has 5 aromatic rings. The molecule has 0 saturated heterocycles. The van der Waals surface area contributed by atoms with E-state index in [-0.39, 0.29) is 42.1 Å². The number of hydrogen-bond acceptors (Lipinski definition) is 7. The fraction of sp³-hybridized carbons (Fsp3) is 0.200. The summed E-state index contributed by atoms with van der Waals surface area (Å²) in [6, 6.07) is 16.1. The quantitative estimate of drug-likeness (QED) is 0.329. The average Bonchev–Trinajstić information content (AvgIpc) is 3.32. The van der Waals surface area contributed by atoms with Crippen LogP contribution in [0.1, 0.15) is 16.1 Å². The van der Waals surface area contributed by atoms with Crippen LogP contribution in [0.25, 0.3) is 21.9 Å². The van der Waals surface area contributed by atoms with Gasteiger partial charge >= 0.3 is 11.7 Å². The van der Waals surface area contributed by atoms with Gasteiger partial charge in [0.25, 0.3) is 11.1 Å². The molecule has 0 aliphatic rings. The number of rotatable bonds is 6. The lowest BCUT2D eigenvalue weighted by Crippen LogP contribution is -2.37. The van der Waals surface area contributed by atoms with Crippen LogP contribution < -0.4 is 16.8 Å². The molecule has 36 heavy (non-hydrogen) atoms. The molecule has 0 unspecified atom stereocenters. The second-order valence-electron chi connectivity index (χ2n) is 8.29. The van der Waals surface area contributed by atoms with Crippen molar-refractivity contribution >= 4 is 27.9 Å². The highest BCUT2D eigenvalue weighted by molar-refractivity contribution is 6.02. The number of aromatic nitrogens is 6. The number of fused-ring (bicyclic) bond motifs is 2. The first-order valence-electron chi connectivity index (χ1n) is 11.2. The number of carbonyl (C=O) groups excluding carboxylic acids is 1. The van der Waals surface area contributed by atoms with Gasteiger partial charge in [-0.3, -0.25) is 18.7 Å². The number of esters is 1. The molecule has 0 aliphatic carbocycles. The van der Waals surface area contributed by atoms with Crippen molar-refractivity contribution in [2.24, 2.45) is 14.1 Å². The molecule has 0 amide bonds. The lowest BCUT2D eigenvalue weighted by molar-refractivity contribution is 0.0485. The van der Waals surface area contributed by atoms with Crippen LogP contribution in [0.15, 0.2) is 75.3 Å². The van der Waals surface area contributed by atoms with Gasteiger partial charge in [0, 0.05) is 19.5 Å². The van der Waals surface area contributed by atoms with E-state index in [1.54, 1.807) is 24.3 Å². The van der Waals surface area contributed by atoms with Crippen LogP contribution in [0.5, 0.6) is 0 Å². The van der Waals surface area contributed by atoms with Crippen molar-refractivity contribution in [2.45, 2.75) is 13.1 Å². The summed E-state index contributed by atoms with van der Waals surface area (Å²) in [5.41, 5.74) is 0.0907. The highest BCUT2D eigenvalue weighted by Crippen LogP contribution is 2.15. The lowest BCUT2D eigenvalue weighted by atomic mass is 10.1. The van der Waals surface area contributed by atoms with E-state index in [4.69, 9.17) is 4.74 Å². The van der Waals surface area contributed by atoms with Crippen LogP contribution in [-0.2, 0) is 31.9 Å². The Kier molecular flexibility index (Phi) is 5.80. The Morgan fingerprint density at radius 1 is 0.889 bits per heavy atom. The van der Waals surface area contributed by atoms with Gasteiger partial charge in [0.2, 0.25) is 0 Å². The Balaban J connectivity index is 1.43. The summed E-state index contributed by atoms with van der Waals surface area (Å²) in [6.45, 7) is 0.259. The molecule has 3 heterocycles. The number of imidazole rings is 1. The summed E-state index contributed by atoms with van der Waals surface area (Å²) < 4.78 is 10.6. The maximum Gasteiger partial charge on any atom is 0.359 e. The molecular weight excluding hydrogens is 464 g/mol. The largest absolute Gasteiger partial charge is 0.459 e. The molecule has 5 rings (SSSR count). The van der Waals surface area contributed by atoms with E-state index in [0.29, 0.717) is 10.8 Å². The minimum absolute atomic E-state index is 0.0231. The van der Waals surface area contributed by atoms with Crippen LogP contribution in [0.2, 0.25) is 0 Å². The second kappa shape index (κ2) is 9.10. The smallest absolute Gasteiger partial charge is 0.359 e. The molecule has 11 heteroatoms. The van der Waals surface area contributed by atoms with Gasteiger partial charge in [-0.15, -0.1) is 0 Å². The fourth-order valence-electron chi connectivity index (χ4n) is 4.12. The van der Waals surface area contributed by atoms with Crippen molar-refractivity contribution in [2.75, 3.05) is 6.61 Å². The molecule has 182 valence electrons. The third-order valence-electron chi connectivity index (χ3n) is 6.02. The molecule has 3 aromatic heterocycles. The molecule has 0 fully saturated rings. The third kappa shape index (κ3) is 3.90.